The molecule has 13 nitrogen and oxygen atoms in total. The van der Waals surface area contributed by atoms with E-state index in [9.17, 15) is 45.6 Å². The maximum Gasteiger partial charge on any atom is 0.321 e. The summed E-state index contributed by atoms with van der Waals surface area (Å²) in [5.41, 5.74) is 0. The number of hydrogen-bond donors (Lipinski definition) is 10. The Kier molecular flexibility index (Phi) is 9.02. The van der Waals surface area contributed by atoms with Crippen molar-refractivity contribution in [1.82, 2.24) is 5.32 Å². The molecule has 2 saturated heterocycles. The highest BCUT2D eigenvalue weighted by atomic mass is 35.1. The van der Waals surface area contributed by atoms with Crippen molar-refractivity contribution in [3.8, 4) is 0 Å². The highest BCUT2D eigenvalue weighted by molar-refractivity contribution is 8.00. The molecule has 0 aromatic rings. The van der Waals surface area contributed by atoms with E-state index in [0.717, 1.165) is 11.8 Å². The zero-order chi connectivity index (χ0) is 21.9. The molecule has 2 fully saturated rings. The lowest BCUT2D eigenvalue weighted by atomic mass is 9.98. The third kappa shape index (κ3) is 5.55. The molecule has 2 rings (SSSR count). The molecule has 2 heterocycles. The molecule has 10 N–H and O–H groups in total. The third-order valence-corrected chi connectivity index (χ3v) is 6.11. The Bertz CT molecular complexity index is 541. The summed E-state index contributed by atoms with van der Waals surface area (Å²) in [4.78, 5) is 11.0. The minimum absolute atomic E-state index is 0.116. The van der Waals surface area contributed by atoms with Crippen LogP contribution in [-0.4, -0.2) is 137 Å². The monoisotopic (exact) mass is 448 g/mol. The lowest BCUT2D eigenvalue weighted by molar-refractivity contribution is -0.327. The lowest BCUT2D eigenvalue weighted by Gasteiger charge is -2.42. The van der Waals surface area contributed by atoms with E-state index in [-0.39, 0.29) is 5.75 Å². The average Bonchev–Trinajstić information content (AvgIpc) is 3.20. The number of aliphatic hydroxyl groups excluding tert-OH is 8. The molecule has 11 atom stereocenters. The van der Waals surface area contributed by atoms with Gasteiger partial charge in [-0.3, -0.25) is 10.1 Å². The predicted octanol–water partition coefficient (Wildman–Crippen LogP) is -5.64. The summed E-state index contributed by atoms with van der Waals surface area (Å²) in [6.45, 7) is -1.64. The van der Waals surface area contributed by atoms with E-state index >= 15 is 0 Å². The van der Waals surface area contributed by atoms with Crippen LogP contribution in [0.1, 0.15) is 0 Å². The first kappa shape index (κ1) is 24.6. The third-order valence-electron chi connectivity index (χ3n) is 4.81. The van der Waals surface area contributed by atoms with E-state index in [1.807, 2.05) is 0 Å². The van der Waals surface area contributed by atoms with Gasteiger partial charge in [-0.15, -0.1) is 11.8 Å². The highest BCUT2D eigenvalue weighted by Crippen LogP contribution is 2.28. The zero-order valence-corrected chi connectivity index (χ0v) is 15.9. The largest absolute Gasteiger partial charge is 0.480 e. The fourth-order valence-electron chi connectivity index (χ4n) is 3.04. The second kappa shape index (κ2) is 10.6. The number of ether oxygens (including phenoxy) is 2. The Balaban J connectivity index is 2.11. The van der Waals surface area contributed by atoms with Crippen LogP contribution >= 0.6 is 11.8 Å². The minimum Gasteiger partial charge on any atom is -0.480 e. The molecule has 0 radical (unpaired) electrons. The average molecular weight is 448 g/mol. The Morgan fingerprint density at radius 1 is 1.14 bits per heavy atom. The quantitative estimate of drug-likeness (QED) is 0.159. The van der Waals surface area contributed by atoms with Crippen molar-refractivity contribution in [3.63, 3.8) is 0 Å². The van der Waals surface area contributed by atoms with Crippen molar-refractivity contribution in [2.75, 3.05) is 19.0 Å². The number of hydrogen-bond acceptors (Lipinski definition) is 13. The second-order valence-electron chi connectivity index (χ2n) is 6.84. The van der Waals surface area contributed by atoms with Gasteiger partial charge >= 0.3 is 5.97 Å². The SMILES string of the molecule is O=C(O)[C@@H]1C[35S][C@H]([C@@H](O)[C@@H](O)[C@@H](O[C@@H]2O[C@H](CO)[C@H](O)[C@H](O)[C@H]2O)[C@@H](O)CO)N1. The van der Waals surface area contributed by atoms with Crippen molar-refractivity contribution < 1.29 is 60.2 Å². The van der Waals surface area contributed by atoms with Crippen molar-refractivity contribution in [3.05, 3.63) is 0 Å². The van der Waals surface area contributed by atoms with Gasteiger partial charge < -0.3 is 55.4 Å². The van der Waals surface area contributed by atoms with Crippen LogP contribution in [0.5, 0.6) is 0 Å². The lowest BCUT2D eigenvalue weighted by Crippen LogP contribution is -2.62. The summed E-state index contributed by atoms with van der Waals surface area (Å²) < 4.78 is 10.4. The van der Waals surface area contributed by atoms with Crippen molar-refractivity contribution in [1.29, 1.82) is 0 Å². The van der Waals surface area contributed by atoms with Crippen molar-refractivity contribution in [2.45, 2.75) is 66.5 Å². The van der Waals surface area contributed by atoms with Gasteiger partial charge in [-0.1, -0.05) is 0 Å². The number of thioether (sulfide) groups is 1. The number of carboxylic acid groups (broad SMARTS) is 1. The zero-order valence-electron chi connectivity index (χ0n) is 15.1. The maximum absolute atomic E-state index is 11.0. The van der Waals surface area contributed by atoms with Gasteiger partial charge in [0.2, 0.25) is 0 Å². The van der Waals surface area contributed by atoms with Crippen LogP contribution < -0.4 is 5.32 Å². The highest BCUT2D eigenvalue weighted by Gasteiger charge is 2.48. The summed E-state index contributed by atoms with van der Waals surface area (Å²) in [6.07, 6.45) is -15.3. The van der Waals surface area contributed by atoms with Gasteiger partial charge in [0.05, 0.1) is 18.6 Å². The van der Waals surface area contributed by atoms with Crippen LogP contribution in [-0.2, 0) is 14.3 Å². The number of rotatable bonds is 9. The number of aliphatic carboxylic acids is 1. The first-order chi connectivity index (χ1) is 13.6. The number of carboxylic acids is 1. The van der Waals surface area contributed by atoms with E-state index in [1.54, 1.807) is 0 Å². The summed E-state index contributed by atoms with van der Waals surface area (Å²) in [5.74, 6) is -1.03. The van der Waals surface area contributed by atoms with Crippen LogP contribution in [0.4, 0.5) is 0 Å². The topological polar surface area (TPSA) is 230 Å². The molecule has 0 saturated carbocycles. The van der Waals surface area contributed by atoms with Gasteiger partial charge in [0.15, 0.2) is 6.29 Å². The molecule has 0 aliphatic carbocycles. The molecule has 2 aliphatic rings. The Morgan fingerprint density at radius 3 is 2.31 bits per heavy atom. The smallest absolute Gasteiger partial charge is 0.321 e. The van der Waals surface area contributed by atoms with E-state index in [1.165, 1.54) is 0 Å². The van der Waals surface area contributed by atoms with Crippen LogP contribution in [0.2, 0.25) is 0 Å². The fourth-order valence-corrected chi connectivity index (χ4v) is 4.30. The molecule has 0 aromatic heterocycles. The van der Waals surface area contributed by atoms with Gasteiger partial charge in [0.1, 0.15) is 54.9 Å². The first-order valence-corrected chi connectivity index (χ1v) is 9.88. The molecule has 170 valence electrons. The molecule has 0 aromatic carbocycles. The molecule has 0 spiro atoms. The summed E-state index contributed by atoms with van der Waals surface area (Å²) >= 11 is 1.01. The van der Waals surface area contributed by atoms with Crippen LogP contribution in [0.25, 0.3) is 0 Å². The van der Waals surface area contributed by atoms with E-state index < -0.39 is 85.7 Å². The molecular formula is C15H27NO12S. The molecule has 0 amide bonds. The van der Waals surface area contributed by atoms with Gasteiger partial charge in [-0.2, -0.15) is 0 Å². The second-order valence-corrected chi connectivity index (χ2v) is 8.02. The van der Waals surface area contributed by atoms with Crippen LogP contribution in [0, 0.1) is 0 Å². The number of carbonyl (C=O) groups is 1. The summed E-state index contributed by atoms with van der Waals surface area (Å²) in [6, 6.07) is -0.959. The molecule has 14 heteroatoms. The molecule has 29 heavy (non-hydrogen) atoms. The van der Waals surface area contributed by atoms with Gasteiger partial charge in [-0.05, 0) is 0 Å². The van der Waals surface area contributed by atoms with Crippen molar-refractivity contribution >= 4 is 17.7 Å². The van der Waals surface area contributed by atoms with Crippen LogP contribution in [0.15, 0.2) is 0 Å². The van der Waals surface area contributed by atoms with Gasteiger partial charge in [0, 0.05) is 5.75 Å². The standard InChI is InChI=1S/C15H27NO12S/c17-1-5(19)12(9(22)10(23)13-16-4(3-29-13)14(25)26)28-15-11(24)8(21)7(20)6(2-18)27-15/h4-13,15-24H,1-3H2,(H,25,26)/t4-,5-,6+,7-,8-,9+,10-,11+,12-,13+,15-/m0/s1/i29+3. The fraction of sp³-hybridized carbons (Fsp3) is 0.933. The molecular weight excluding hydrogens is 421 g/mol. The van der Waals surface area contributed by atoms with E-state index in [4.69, 9.17) is 14.6 Å². The Morgan fingerprint density at radius 2 is 1.79 bits per heavy atom. The van der Waals surface area contributed by atoms with E-state index in [0.29, 0.717) is 0 Å². The first-order valence-electron chi connectivity index (χ1n) is 8.83. The Labute approximate surface area is 169 Å². The predicted molar refractivity (Wildman–Crippen MR) is 94.6 cm³/mol. The van der Waals surface area contributed by atoms with Gasteiger partial charge in [0.25, 0.3) is 0 Å². The number of aliphatic hydroxyl groups is 8. The molecule has 0 bridgehead atoms. The maximum atomic E-state index is 11.0. The molecule has 2 aliphatic heterocycles. The summed E-state index contributed by atoms with van der Waals surface area (Å²) in [5, 5.41) is 89.6. The molecule has 0 unspecified atom stereocenters. The Hall–Kier alpha value is -0.620. The normalized spacial score (nSPS) is 39.7. The van der Waals surface area contributed by atoms with Crippen molar-refractivity contribution in [2.24, 2.45) is 0 Å². The van der Waals surface area contributed by atoms with E-state index in [2.05, 4.69) is 5.32 Å². The van der Waals surface area contributed by atoms with Gasteiger partial charge in [-0.25, -0.2) is 0 Å². The minimum atomic E-state index is -1.87. The van der Waals surface area contributed by atoms with Crippen LogP contribution in [0.3, 0.4) is 0 Å². The number of nitrogens with one attached hydrogen (secondary N) is 1. The summed E-state index contributed by atoms with van der Waals surface area (Å²) in [7, 11) is 0.